The first-order valence-electron chi connectivity index (χ1n) is 11.5. The molecule has 0 unspecified atom stereocenters. The van der Waals surface area contributed by atoms with Crippen molar-refractivity contribution >= 4 is 45.5 Å². The van der Waals surface area contributed by atoms with Gasteiger partial charge in [-0.2, -0.15) is 0 Å². The van der Waals surface area contributed by atoms with E-state index in [2.05, 4.69) is 21.2 Å². The Morgan fingerprint density at radius 3 is 2.61 bits per heavy atom. The predicted molar refractivity (Wildman–Crippen MR) is 138 cm³/mol. The molecule has 2 heterocycles. The van der Waals surface area contributed by atoms with Crippen molar-refractivity contribution in [1.82, 2.24) is 5.32 Å². The minimum atomic E-state index is -0.883. The highest BCUT2D eigenvalue weighted by molar-refractivity contribution is 9.10. The number of carbonyl (C=O) groups excluding carboxylic acids is 3. The number of urea groups is 1. The Hall–Kier alpha value is -4.38. The molecule has 38 heavy (non-hydrogen) atoms. The second kappa shape index (κ2) is 10.5. The van der Waals surface area contributed by atoms with Gasteiger partial charge >= 0.3 is 6.03 Å². The summed E-state index contributed by atoms with van der Waals surface area (Å²) < 4.78 is 36.2. The molecule has 11 heteroatoms. The minimum absolute atomic E-state index is 0.0285. The Morgan fingerprint density at radius 2 is 1.82 bits per heavy atom. The Kier molecular flexibility index (Phi) is 7.01. The number of nitrogens with zero attached hydrogens (tertiary/aromatic N) is 1. The van der Waals surface area contributed by atoms with E-state index in [0.717, 1.165) is 4.90 Å². The molecule has 1 saturated heterocycles. The molecule has 2 aliphatic heterocycles. The quantitative estimate of drug-likeness (QED) is 0.310. The van der Waals surface area contributed by atoms with Crippen molar-refractivity contribution in [2.45, 2.75) is 13.5 Å². The summed E-state index contributed by atoms with van der Waals surface area (Å²) in [5.74, 6) is -0.431. The van der Waals surface area contributed by atoms with Gasteiger partial charge in [0, 0.05) is 10.5 Å². The topological polar surface area (TPSA) is 103 Å². The highest BCUT2D eigenvalue weighted by atomic mass is 79.9. The highest BCUT2D eigenvalue weighted by Gasteiger charge is 2.37. The summed E-state index contributed by atoms with van der Waals surface area (Å²) in [6.45, 7) is 2.24. The van der Waals surface area contributed by atoms with Gasteiger partial charge in [0.2, 0.25) is 6.79 Å². The van der Waals surface area contributed by atoms with E-state index in [0.29, 0.717) is 45.2 Å². The Balaban J connectivity index is 1.45. The normalized spacial score (nSPS) is 15.6. The van der Waals surface area contributed by atoms with Crippen molar-refractivity contribution in [3.63, 3.8) is 0 Å². The number of fused-ring (bicyclic) bond motifs is 1. The highest BCUT2D eigenvalue weighted by Crippen LogP contribution is 2.38. The fourth-order valence-corrected chi connectivity index (χ4v) is 4.34. The number of carbonyl (C=O) groups is 3. The molecule has 0 aliphatic carbocycles. The van der Waals surface area contributed by atoms with Crippen LogP contribution in [0.3, 0.4) is 0 Å². The van der Waals surface area contributed by atoms with Gasteiger partial charge in [-0.15, -0.1) is 0 Å². The van der Waals surface area contributed by atoms with Crippen LogP contribution in [-0.2, 0) is 16.2 Å². The van der Waals surface area contributed by atoms with E-state index >= 15 is 0 Å². The van der Waals surface area contributed by atoms with Crippen LogP contribution in [0.4, 0.5) is 14.9 Å². The van der Waals surface area contributed by atoms with Crippen molar-refractivity contribution in [1.29, 1.82) is 0 Å². The summed E-state index contributed by atoms with van der Waals surface area (Å²) in [4.78, 5) is 39.4. The lowest BCUT2D eigenvalue weighted by molar-refractivity contribution is -0.122. The first kappa shape index (κ1) is 25.3. The maximum atomic E-state index is 13.5. The molecular formula is C27H20BrFN2O7. The van der Waals surface area contributed by atoms with Gasteiger partial charge in [-0.25, -0.2) is 14.1 Å². The van der Waals surface area contributed by atoms with Crippen molar-refractivity contribution in [3.8, 4) is 23.0 Å². The molecule has 9 nitrogen and oxygen atoms in total. The molecule has 0 atom stereocenters. The summed E-state index contributed by atoms with van der Waals surface area (Å²) in [5, 5.41) is 2.19. The zero-order valence-electron chi connectivity index (χ0n) is 20.0. The lowest BCUT2D eigenvalue weighted by Crippen LogP contribution is -2.54. The van der Waals surface area contributed by atoms with Gasteiger partial charge in [0.25, 0.3) is 11.8 Å². The molecule has 1 N–H and O–H groups in total. The van der Waals surface area contributed by atoms with Crippen molar-refractivity contribution in [2.75, 3.05) is 18.3 Å². The van der Waals surface area contributed by atoms with E-state index in [1.807, 2.05) is 0 Å². The van der Waals surface area contributed by atoms with E-state index in [1.165, 1.54) is 30.3 Å². The monoisotopic (exact) mass is 582 g/mol. The molecule has 194 valence electrons. The van der Waals surface area contributed by atoms with E-state index in [-0.39, 0.29) is 30.5 Å². The van der Waals surface area contributed by atoms with Crippen LogP contribution in [0.2, 0.25) is 0 Å². The van der Waals surface area contributed by atoms with Crippen molar-refractivity contribution in [2.24, 2.45) is 0 Å². The van der Waals surface area contributed by atoms with E-state index in [1.54, 1.807) is 37.3 Å². The maximum Gasteiger partial charge on any atom is 0.335 e. The molecular weight excluding hydrogens is 563 g/mol. The van der Waals surface area contributed by atoms with Gasteiger partial charge in [-0.05, 0) is 60.5 Å². The SMILES string of the molecule is CCOc1cc(/C=C2\C(=O)NC(=O)N(c3ccc4c(c3)OCO4)C2=O)c(Br)cc1OCc1cccc(F)c1. The molecule has 4 amide bonds. The molecule has 0 aromatic heterocycles. The fourth-order valence-electron chi connectivity index (χ4n) is 3.90. The molecule has 5 rings (SSSR count). The largest absolute Gasteiger partial charge is 0.490 e. The molecule has 1 fully saturated rings. The van der Waals surface area contributed by atoms with Crippen LogP contribution in [0.25, 0.3) is 6.08 Å². The van der Waals surface area contributed by atoms with Crippen LogP contribution < -0.4 is 29.2 Å². The molecule has 2 aliphatic rings. The number of hydrogen-bond donors (Lipinski definition) is 1. The summed E-state index contributed by atoms with van der Waals surface area (Å²) in [6, 6.07) is 13.0. The standard InChI is InChI=1S/C27H20BrFN2O7/c1-2-35-22-10-16(20(28)12-24(22)36-13-15-4-3-5-17(29)8-15)9-19-25(32)30-27(34)31(26(19)33)18-6-7-21-23(11-18)38-14-37-21/h3-12H,2,13-14H2,1H3,(H,30,32,34)/b19-9+. The van der Waals surface area contributed by atoms with Gasteiger partial charge < -0.3 is 18.9 Å². The van der Waals surface area contributed by atoms with Gasteiger partial charge in [-0.1, -0.05) is 28.1 Å². The van der Waals surface area contributed by atoms with Crippen LogP contribution >= 0.6 is 15.9 Å². The maximum absolute atomic E-state index is 13.5. The molecule has 0 radical (unpaired) electrons. The van der Waals surface area contributed by atoms with Gasteiger partial charge in [0.05, 0.1) is 12.3 Å². The molecule has 3 aromatic rings. The van der Waals surface area contributed by atoms with Crippen molar-refractivity contribution < 1.29 is 37.7 Å². The average molecular weight is 583 g/mol. The van der Waals surface area contributed by atoms with Gasteiger partial charge in [0.1, 0.15) is 18.0 Å². The van der Waals surface area contributed by atoms with Gasteiger partial charge in [0.15, 0.2) is 23.0 Å². The number of rotatable bonds is 7. The fraction of sp³-hybridized carbons (Fsp3) is 0.148. The van der Waals surface area contributed by atoms with Crippen LogP contribution in [0.5, 0.6) is 23.0 Å². The molecule has 3 aromatic carbocycles. The van der Waals surface area contributed by atoms with Crippen LogP contribution in [0.1, 0.15) is 18.1 Å². The predicted octanol–water partition coefficient (Wildman–Crippen LogP) is 4.96. The lowest BCUT2D eigenvalue weighted by atomic mass is 10.1. The second-order valence-corrected chi connectivity index (χ2v) is 9.02. The smallest absolute Gasteiger partial charge is 0.335 e. The third-order valence-corrected chi connectivity index (χ3v) is 6.35. The number of nitrogens with one attached hydrogen (secondary N) is 1. The zero-order valence-corrected chi connectivity index (χ0v) is 21.5. The Labute approximate surface area is 224 Å². The van der Waals surface area contributed by atoms with Crippen LogP contribution in [-0.4, -0.2) is 31.2 Å². The number of barbiturate groups is 1. The lowest BCUT2D eigenvalue weighted by Gasteiger charge is -2.26. The summed E-state index contributed by atoms with van der Waals surface area (Å²) in [7, 11) is 0. The number of amides is 4. The van der Waals surface area contributed by atoms with Gasteiger partial charge in [-0.3, -0.25) is 14.9 Å². The van der Waals surface area contributed by atoms with E-state index < -0.39 is 17.8 Å². The zero-order chi connectivity index (χ0) is 26.8. The third-order valence-electron chi connectivity index (χ3n) is 5.66. The number of benzene rings is 3. The molecule has 0 bridgehead atoms. The number of imide groups is 2. The Morgan fingerprint density at radius 1 is 1.03 bits per heavy atom. The summed E-state index contributed by atoms with van der Waals surface area (Å²) in [5.41, 5.74) is 1.02. The number of ether oxygens (including phenoxy) is 4. The number of halogens is 2. The van der Waals surface area contributed by atoms with E-state index in [4.69, 9.17) is 18.9 Å². The van der Waals surface area contributed by atoms with Crippen LogP contribution in [0.15, 0.2) is 64.6 Å². The number of hydrogen-bond acceptors (Lipinski definition) is 7. The van der Waals surface area contributed by atoms with Crippen molar-refractivity contribution in [3.05, 3.63) is 81.6 Å². The Bertz CT molecular complexity index is 1490. The van der Waals surface area contributed by atoms with E-state index in [9.17, 15) is 18.8 Å². The molecule has 0 saturated carbocycles. The molecule has 0 spiro atoms. The average Bonchev–Trinajstić information content (AvgIpc) is 3.35. The third kappa shape index (κ3) is 5.05. The first-order chi connectivity index (χ1) is 18.3. The summed E-state index contributed by atoms with van der Waals surface area (Å²) >= 11 is 3.45. The number of anilines is 1. The first-order valence-corrected chi connectivity index (χ1v) is 12.3. The van der Waals surface area contributed by atoms with Crippen LogP contribution in [0, 0.1) is 5.82 Å². The second-order valence-electron chi connectivity index (χ2n) is 8.17. The summed E-state index contributed by atoms with van der Waals surface area (Å²) in [6.07, 6.45) is 1.35. The minimum Gasteiger partial charge on any atom is -0.490 e.